The van der Waals surface area contributed by atoms with Gasteiger partial charge in [-0.2, -0.15) is 5.10 Å². The molecular weight excluding hydrogens is 266 g/mol. The lowest BCUT2D eigenvalue weighted by Gasteiger charge is -2.01. The molecule has 0 unspecified atom stereocenters. The average molecular weight is 278 g/mol. The summed E-state index contributed by atoms with van der Waals surface area (Å²) in [6.07, 6.45) is 2.48. The van der Waals surface area contributed by atoms with Gasteiger partial charge < -0.3 is 0 Å². The Morgan fingerprint density at radius 3 is 2.94 bits per heavy atom. The molecule has 0 amide bonds. The highest BCUT2D eigenvalue weighted by molar-refractivity contribution is 9.10. The Morgan fingerprint density at radius 2 is 2.19 bits per heavy atom. The largest absolute Gasteiger partial charge is 0.262 e. The van der Waals surface area contributed by atoms with Gasteiger partial charge in [0.05, 0.1) is 0 Å². The maximum absolute atomic E-state index is 4.56. The van der Waals surface area contributed by atoms with Crippen LogP contribution in [-0.4, -0.2) is 15.2 Å². The summed E-state index contributed by atoms with van der Waals surface area (Å²) in [7, 11) is 0. The Hall–Kier alpha value is -1.16. The SMILES string of the molecule is Cc1ccc(Br)cc1-c1n[nH]c(C2CC2)n1. The fourth-order valence-corrected chi connectivity index (χ4v) is 2.13. The topological polar surface area (TPSA) is 41.6 Å². The van der Waals surface area contributed by atoms with Gasteiger partial charge in [-0.3, -0.25) is 5.10 Å². The van der Waals surface area contributed by atoms with Crippen molar-refractivity contribution in [2.45, 2.75) is 25.7 Å². The van der Waals surface area contributed by atoms with Gasteiger partial charge in [-0.15, -0.1) is 0 Å². The first kappa shape index (κ1) is 10.0. The number of halogens is 1. The second-order valence-electron chi connectivity index (χ2n) is 4.28. The van der Waals surface area contributed by atoms with E-state index in [2.05, 4.69) is 50.2 Å². The van der Waals surface area contributed by atoms with Crippen LogP contribution in [0, 0.1) is 6.92 Å². The van der Waals surface area contributed by atoms with Crippen LogP contribution in [-0.2, 0) is 0 Å². The fourth-order valence-electron chi connectivity index (χ4n) is 1.77. The van der Waals surface area contributed by atoms with Crippen LogP contribution in [0.2, 0.25) is 0 Å². The number of H-pyrrole nitrogens is 1. The smallest absolute Gasteiger partial charge is 0.181 e. The molecule has 3 nitrogen and oxygen atoms in total. The van der Waals surface area contributed by atoms with E-state index in [1.807, 2.05) is 6.07 Å². The fraction of sp³-hybridized carbons (Fsp3) is 0.333. The quantitative estimate of drug-likeness (QED) is 0.914. The summed E-state index contributed by atoms with van der Waals surface area (Å²) in [5.41, 5.74) is 2.29. The van der Waals surface area contributed by atoms with Crippen LogP contribution in [0.15, 0.2) is 22.7 Å². The summed E-state index contributed by atoms with van der Waals surface area (Å²) in [6, 6.07) is 6.18. The van der Waals surface area contributed by atoms with E-state index in [1.165, 1.54) is 18.4 Å². The highest BCUT2D eigenvalue weighted by atomic mass is 79.9. The van der Waals surface area contributed by atoms with Crippen molar-refractivity contribution in [2.24, 2.45) is 0 Å². The van der Waals surface area contributed by atoms with Crippen LogP contribution >= 0.6 is 15.9 Å². The molecule has 0 radical (unpaired) electrons. The summed E-state index contributed by atoms with van der Waals surface area (Å²) in [5, 5.41) is 7.33. The third-order valence-corrected chi connectivity index (χ3v) is 3.40. The Kier molecular flexibility index (Phi) is 2.32. The number of benzene rings is 1. The zero-order valence-electron chi connectivity index (χ0n) is 9.00. The summed E-state index contributed by atoms with van der Waals surface area (Å²) in [6.45, 7) is 2.08. The summed E-state index contributed by atoms with van der Waals surface area (Å²) >= 11 is 3.48. The second-order valence-corrected chi connectivity index (χ2v) is 5.19. The highest BCUT2D eigenvalue weighted by Crippen LogP contribution is 2.38. The third kappa shape index (κ3) is 1.78. The van der Waals surface area contributed by atoms with Gasteiger partial charge in [0.25, 0.3) is 0 Å². The van der Waals surface area contributed by atoms with Gasteiger partial charge in [0, 0.05) is 16.0 Å². The molecule has 1 saturated carbocycles. The van der Waals surface area contributed by atoms with Gasteiger partial charge in [-0.05, 0) is 37.5 Å². The van der Waals surface area contributed by atoms with Crippen LogP contribution in [0.1, 0.15) is 30.1 Å². The van der Waals surface area contributed by atoms with Gasteiger partial charge in [-0.25, -0.2) is 4.98 Å². The molecule has 16 heavy (non-hydrogen) atoms. The minimum Gasteiger partial charge on any atom is -0.262 e. The van der Waals surface area contributed by atoms with E-state index in [0.717, 1.165) is 21.7 Å². The molecule has 2 aromatic rings. The number of aromatic amines is 1. The predicted octanol–water partition coefficient (Wildman–Crippen LogP) is 3.42. The Balaban J connectivity index is 2.03. The first-order valence-corrected chi connectivity index (χ1v) is 6.22. The lowest BCUT2D eigenvalue weighted by atomic mass is 10.1. The predicted molar refractivity (Wildman–Crippen MR) is 66.2 cm³/mol. The van der Waals surface area contributed by atoms with Gasteiger partial charge in [0.15, 0.2) is 5.82 Å². The zero-order valence-corrected chi connectivity index (χ0v) is 10.6. The molecule has 4 heteroatoms. The normalized spacial score (nSPS) is 15.4. The van der Waals surface area contributed by atoms with Crippen LogP contribution in [0.4, 0.5) is 0 Å². The Labute approximate surface area is 102 Å². The molecule has 0 bridgehead atoms. The van der Waals surface area contributed by atoms with Crippen molar-refractivity contribution >= 4 is 15.9 Å². The highest BCUT2D eigenvalue weighted by Gasteiger charge is 2.27. The molecule has 1 N–H and O–H groups in total. The Bertz CT molecular complexity index is 529. The van der Waals surface area contributed by atoms with Crippen molar-refractivity contribution in [1.82, 2.24) is 15.2 Å². The molecule has 1 heterocycles. The molecule has 1 aromatic heterocycles. The minimum absolute atomic E-state index is 0.619. The molecule has 1 aliphatic rings. The van der Waals surface area contributed by atoms with Crippen molar-refractivity contribution in [2.75, 3.05) is 0 Å². The van der Waals surface area contributed by atoms with Gasteiger partial charge in [0.2, 0.25) is 0 Å². The number of aryl methyl sites for hydroxylation is 1. The van der Waals surface area contributed by atoms with Crippen molar-refractivity contribution in [3.05, 3.63) is 34.1 Å². The van der Waals surface area contributed by atoms with Gasteiger partial charge in [0.1, 0.15) is 5.82 Å². The number of aromatic nitrogens is 3. The molecule has 0 atom stereocenters. The number of nitrogens with one attached hydrogen (secondary N) is 1. The number of hydrogen-bond donors (Lipinski definition) is 1. The molecule has 1 aliphatic carbocycles. The molecule has 1 fully saturated rings. The third-order valence-electron chi connectivity index (χ3n) is 2.91. The Morgan fingerprint density at radius 1 is 1.38 bits per heavy atom. The van der Waals surface area contributed by atoms with Crippen LogP contribution < -0.4 is 0 Å². The lowest BCUT2D eigenvalue weighted by Crippen LogP contribution is -1.86. The number of nitrogens with zero attached hydrogens (tertiary/aromatic N) is 2. The van der Waals surface area contributed by atoms with Crippen molar-refractivity contribution in [3.63, 3.8) is 0 Å². The molecular formula is C12H12BrN3. The first-order valence-electron chi connectivity index (χ1n) is 5.43. The maximum Gasteiger partial charge on any atom is 0.181 e. The molecule has 0 aliphatic heterocycles. The van der Waals surface area contributed by atoms with E-state index in [-0.39, 0.29) is 0 Å². The van der Waals surface area contributed by atoms with E-state index in [4.69, 9.17) is 0 Å². The summed E-state index contributed by atoms with van der Waals surface area (Å²) in [5.74, 6) is 2.46. The number of rotatable bonds is 2. The monoisotopic (exact) mass is 277 g/mol. The van der Waals surface area contributed by atoms with Crippen molar-refractivity contribution in [1.29, 1.82) is 0 Å². The maximum atomic E-state index is 4.56. The minimum atomic E-state index is 0.619. The van der Waals surface area contributed by atoms with Crippen molar-refractivity contribution < 1.29 is 0 Å². The van der Waals surface area contributed by atoms with Gasteiger partial charge >= 0.3 is 0 Å². The van der Waals surface area contributed by atoms with E-state index < -0.39 is 0 Å². The average Bonchev–Trinajstić information content (AvgIpc) is 3.01. The molecule has 1 aromatic carbocycles. The summed E-state index contributed by atoms with van der Waals surface area (Å²) in [4.78, 5) is 4.56. The zero-order chi connectivity index (χ0) is 11.1. The van der Waals surface area contributed by atoms with Crippen LogP contribution in [0.25, 0.3) is 11.4 Å². The first-order chi connectivity index (χ1) is 7.74. The lowest BCUT2D eigenvalue weighted by molar-refractivity contribution is 0.935. The van der Waals surface area contributed by atoms with E-state index in [0.29, 0.717) is 5.92 Å². The molecule has 0 spiro atoms. The molecule has 3 rings (SSSR count). The van der Waals surface area contributed by atoms with E-state index in [1.54, 1.807) is 0 Å². The van der Waals surface area contributed by atoms with E-state index >= 15 is 0 Å². The van der Waals surface area contributed by atoms with Gasteiger partial charge in [-0.1, -0.05) is 22.0 Å². The van der Waals surface area contributed by atoms with Crippen LogP contribution in [0.3, 0.4) is 0 Å². The van der Waals surface area contributed by atoms with Crippen molar-refractivity contribution in [3.8, 4) is 11.4 Å². The number of hydrogen-bond acceptors (Lipinski definition) is 2. The summed E-state index contributed by atoms with van der Waals surface area (Å²) < 4.78 is 1.06. The standard InChI is InChI=1S/C12H12BrN3/c1-7-2-5-9(13)6-10(7)12-14-11(15-16-12)8-3-4-8/h2,5-6,8H,3-4H2,1H3,(H,14,15,16). The second kappa shape index (κ2) is 3.70. The van der Waals surface area contributed by atoms with Crippen LogP contribution in [0.5, 0.6) is 0 Å². The molecule has 0 saturated heterocycles. The molecule has 82 valence electrons. The van der Waals surface area contributed by atoms with E-state index in [9.17, 15) is 0 Å².